The molecule has 1 aromatic heterocycles. The minimum atomic E-state index is 0.196. The summed E-state index contributed by atoms with van der Waals surface area (Å²) in [5, 5.41) is 16.1. The van der Waals surface area contributed by atoms with Gasteiger partial charge in [-0.25, -0.2) is 0 Å². The fraction of sp³-hybridized carbons (Fsp3) is 0.600. The van der Waals surface area contributed by atoms with Crippen molar-refractivity contribution in [2.45, 2.75) is 13.0 Å². The number of rotatable bonds is 3. The highest BCUT2D eigenvalue weighted by Crippen LogP contribution is 1.82. The van der Waals surface area contributed by atoms with Crippen LogP contribution < -0.4 is 0 Å². The van der Waals surface area contributed by atoms with Crippen molar-refractivity contribution in [3.8, 4) is 0 Å². The van der Waals surface area contributed by atoms with Crippen molar-refractivity contribution in [3.63, 3.8) is 0 Å². The fourth-order valence-corrected chi connectivity index (χ4v) is 0.571. The standard InChI is InChI=1S/C5H9N3O/c9-5-1-4-8-6-2-3-7-8/h2-3,9H,1,4-5H2. The van der Waals surface area contributed by atoms with Gasteiger partial charge in [0.05, 0.1) is 18.9 Å². The Hall–Kier alpha value is -0.900. The second-order valence-electron chi connectivity index (χ2n) is 1.70. The van der Waals surface area contributed by atoms with Crippen LogP contribution in [0.1, 0.15) is 6.42 Å². The lowest BCUT2D eigenvalue weighted by molar-refractivity contribution is 0.273. The van der Waals surface area contributed by atoms with Crippen LogP contribution in [0.4, 0.5) is 0 Å². The van der Waals surface area contributed by atoms with Gasteiger partial charge in [0.25, 0.3) is 0 Å². The quantitative estimate of drug-likeness (QED) is 0.604. The van der Waals surface area contributed by atoms with Crippen LogP contribution in [0, 0.1) is 0 Å². The SMILES string of the molecule is OCCCn1nccn1. The Labute approximate surface area is 53.1 Å². The molecule has 0 atom stereocenters. The van der Waals surface area contributed by atoms with Crippen LogP contribution in [0.2, 0.25) is 0 Å². The minimum absolute atomic E-state index is 0.196. The molecule has 1 rings (SSSR count). The van der Waals surface area contributed by atoms with Crippen molar-refractivity contribution in [1.29, 1.82) is 0 Å². The topological polar surface area (TPSA) is 50.9 Å². The Morgan fingerprint density at radius 1 is 1.33 bits per heavy atom. The van der Waals surface area contributed by atoms with E-state index >= 15 is 0 Å². The Morgan fingerprint density at radius 3 is 2.56 bits per heavy atom. The number of aliphatic hydroxyl groups excluding tert-OH is 1. The van der Waals surface area contributed by atoms with E-state index in [1.807, 2.05) is 0 Å². The van der Waals surface area contributed by atoms with E-state index in [0.717, 1.165) is 0 Å². The molecule has 1 aromatic rings. The first-order chi connectivity index (χ1) is 4.43. The lowest BCUT2D eigenvalue weighted by Crippen LogP contribution is -2.03. The molecule has 0 aromatic carbocycles. The van der Waals surface area contributed by atoms with Crippen LogP contribution >= 0.6 is 0 Å². The van der Waals surface area contributed by atoms with Crippen LogP contribution in [0.15, 0.2) is 12.4 Å². The van der Waals surface area contributed by atoms with E-state index in [1.165, 1.54) is 0 Å². The third-order valence-electron chi connectivity index (χ3n) is 0.983. The molecule has 1 N–H and O–H groups in total. The first-order valence-corrected chi connectivity index (χ1v) is 2.88. The largest absolute Gasteiger partial charge is 0.396 e. The van der Waals surface area contributed by atoms with Crippen molar-refractivity contribution in [3.05, 3.63) is 12.4 Å². The maximum atomic E-state index is 8.40. The maximum Gasteiger partial charge on any atom is 0.0693 e. The molecule has 0 aliphatic carbocycles. The Kier molecular flexibility index (Phi) is 2.21. The normalized spacial score (nSPS) is 9.89. The van der Waals surface area contributed by atoms with E-state index < -0.39 is 0 Å². The number of hydrogen-bond donors (Lipinski definition) is 1. The fourth-order valence-electron chi connectivity index (χ4n) is 0.571. The van der Waals surface area contributed by atoms with E-state index in [0.29, 0.717) is 13.0 Å². The van der Waals surface area contributed by atoms with Crippen molar-refractivity contribution in [2.75, 3.05) is 6.61 Å². The number of hydrogen-bond acceptors (Lipinski definition) is 3. The number of aliphatic hydroxyl groups is 1. The Balaban J connectivity index is 2.30. The molecule has 0 aliphatic heterocycles. The second-order valence-corrected chi connectivity index (χ2v) is 1.70. The monoisotopic (exact) mass is 127 g/mol. The summed E-state index contributed by atoms with van der Waals surface area (Å²) < 4.78 is 0. The van der Waals surface area contributed by atoms with E-state index in [1.54, 1.807) is 17.2 Å². The molecule has 1 heterocycles. The van der Waals surface area contributed by atoms with Gasteiger partial charge in [0.15, 0.2) is 0 Å². The van der Waals surface area contributed by atoms with Crippen molar-refractivity contribution in [2.24, 2.45) is 0 Å². The van der Waals surface area contributed by atoms with Crippen molar-refractivity contribution < 1.29 is 5.11 Å². The predicted octanol–water partition coefficient (Wildman–Crippen LogP) is -0.340. The number of nitrogens with zero attached hydrogens (tertiary/aromatic N) is 3. The van der Waals surface area contributed by atoms with Gasteiger partial charge >= 0.3 is 0 Å². The second kappa shape index (κ2) is 3.19. The molecule has 9 heavy (non-hydrogen) atoms. The summed E-state index contributed by atoms with van der Waals surface area (Å²) in [6, 6.07) is 0. The molecule has 0 radical (unpaired) electrons. The van der Waals surface area contributed by atoms with Gasteiger partial charge in [-0.2, -0.15) is 15.0 Å². The average molecular weight is 127 g/mol. The molecule has 0 amide bonds. The predicted molar refractivity (Wildman–Crippen MR) is 31.7 cm³/mol. The van der Waals surface area contributed by atoms with Gasteiger partial charge in [-0.1, -0.05) is 0 Å². The average Bonchev–Trinajstić information content (AvgIpc) is 2.34. The van der Waals surface area contributed by atoms with Crippen molar-refractivity contribution >= 4 is 0 Å². The molecule has 0 saturated carbocycles. The van der Waals surface area contributed by atoms with E-state index in [9.17, 15) is 0 Å². The van der Waals surface area contributed by atoms with Gasteiger partial charge < -0.3 is 5.11 Å². The molecule has 0 bridgehead atoms. The van der Waals surface area contributed by atoms with E-state index in [4.69, 9.17) is 5.11 Å². The van der Waals surface area contributed by atoms with Gasteiger partial charge in [-0.3, -0.25) is 0 Å². The van der Waals surface area contributed by atoms with Crippen LogP contribution in [-0.4, -0.2) is 26.7 Å². The summed E-state index contributed by atoms with van der Waals surface area (Å²) in [7, 11) is 0. The highest BCUT2D eigenvalue weighted by molar-refractivity contribution is 4.59. The van der Waals surface area contributed by atoms with E-state index in [2.05, 4.69) is 10.2 Å². The molecule has 4 nitrogen and oxygen atoms in total. The third-order valence-corrected chi connectivity index (χ3v) is 0.983. The molecule has 0 unspecified atom stereocenters. The molecule has 0 saturated heterocycles. The Morgan fingerprint density at radius 2 is 2.00 bits per heavy atom. The minimum Gasteiger partial charge on any atom is -0.396 e. The third kappa shape index (κ3) is 1.81. The lowest BCUT2D eigenvalue weighted by atomic mass is 10.5. The first kappa shape index (κ1) is 6.22. The van der Waals surface area contributed by atoms with Gasteiger partial charge in [0.2, 0.25) is 0 Å². The smallest absolute Gasteiger partial charge is 0.0693 e. The molecule has 0 fully saturated rings. The zero-order chi connectivity index (χ0) is 6.53. The summed E-state index contributed by atoms with van der Waals surface area (Å²) in [5.74, 6) is 0. The molecule has 0 aliphatic rings. The van der Waals surface area contributed by atoms with Crippen molar-refractivity contribution in [1.82, 2.24) is 15.0 Å². The molecule has 50 valence electrons. The Bertz CT molecular complexity index is 149. The summed E-state index contributed by atoms with van der Waals surface area (Å²) in [4.78, 5) is 1.55. The van der Waals surface area contributed by atoms with Gasteiger partial charge in [0.1, 0.15) is 0 Å². The highest BCUT2D eigenvalue weighted by atomic mass is 16.3. The maximum absolute atomic E-state index is 8.40. The van der Waals surface area contributed by atoms with Crippen LogP contribution in [0.5, 0.6) is 0 Å². The first-order valence-electron chi connectivity index (χ1n) is 2.88. The summed E-state index contributed by atoms with van der Waals surface area (Å²) in [5.41, 5.74) is 0. The van der Waals surface area contributed by atoms with Crippen LogP contribution in [0.3, 0.4) is 0 Å². The van der Waals surface area contributed by atoms with Crippen LogP contribution in [-0.2, 0) is 6.54 Å². The van der Waals surface area contributed by atoms with Gasteiger partial charge in [-0.05, 0) is 6.42 Å². The molecular weight excluding hydrogens is 118 g/mol. The zero-order valence-corrected chi connectivity index (χ0v) is 5.06. The number of aryl methyl sites for hydroxylation is 1. The van der Waals surface area contributed by atoms with E-state index in [-0.39, 0.29) is 6.61 Å². The van der Waals surface area contributed by atoms with Gasteiger partial charge in [0, 0.05) is 6.61 Å². The van der Waals surface area contributed by atoms with Gasteiger partial charge in [-0.15, -0.1) is 0 Å². The molecule has 4 heteroatoms. The van der Waals surface area contributed by atoms with Crippen LogP contribution in [0.25, 0.3) is 0 Å². The zero-order valence-electron chi connectivity index (χ0n) is 5.06. The molecular formula is C5H9N3O. The molecule has 0 spiro atoms. The highest BCUT2D eigenvalue weighted by Gasteiger charge is 1.87. The summed E-state index contributed by atoms with van der Waals surface area (Å²) in [6.45, 7) is 0.894. The summed E-state index contributed by atoms with van der Waals surface area (Å²) in [6.07, 6.45) is 3.96. The number of aromatic nitrogens is 3. The summed E-state index contributed by atoms with van der Waals surface area (Å²) >= 11 is 0. The lowest BCUT2D eigenvalue weighted by Gasteiger charge is -1.93.